The van der Waals surface area contributed by atoms with E-state index in [4.69, 9.17) is 23.2 Å². The predicted octanol–water partition coefficient (Wildman–Crippen LogP) is 3.43. The van der Waals surface area contributed by atoms with Gasteiger partial charge in [0.2, 0.25) is 0 Å². The number of amides is 1. The van der Waals surface area contributed by atoms with E-state index in [1.54, 1.807) is 0 Å². The fourth-order valence-corrected chi connectivity index (χ4v) is 3.64. The zero-order valence-electron chi connectivity index (χ0n) is 14.8. The molecule has 0 aromatic carbocycles. The molecule has 25 heavy (non-hydrogen) atoms. The molecule has 7 heteroatoms. The molecular weight excluding hydrogens is 361 g/mol. The first-order valence-electron chi connectivity index (χ1n) is 8.92. The smallest absolute Gasteiger partial charge is 0.256 e. The maximum absolute atomic E-state index is 12.8. The summed E-state index contributed by atoms with van der Waals surface area (Å²) in [6.45, 7) is 6.75. The molecule has 3 rings (SSSR count). The highest BCUT2D eigenvalue weighted by Crippen LogP contribution is 2.24. The van der Waals surface area contributed by atoms with Crippen molar-refractivity contribution in [2.75, 3.05) is 38.1 Å². The molecule has 1 aromatic rings. The van der Waals surface area contributed by atoms with Crippen molar-refractivity contribution >= 4 is 35.4 Å². The highest BCUT2D eigenvalue weighted by atomic mass is 35.5. The van der Waals surface area contributed by atoms with Crippen LogP contribution in [-0.4, -0.2) is 65.0 Å². The van der Waals surface area contributed by atoms with Crippen LogP contribution in [0, 0.1) is 6.92 Å². The number of hydrogen-bond acceptors (Lipinski definition) is 3. The number of alkyl halides is 2. The molecule has 1 N–H and O–H groups in total. The number of carbonyl (C=O) groups is 2. The van der Waals surface area contributed by atoms with E-state index in [1.807, 2.05) is 11.8 Å². The zero-order valence-corrected chi connectivity index (χ0v) is 16.3. The van der Waals surface area contributed by atoms with Gasteiger partial charge in [-0.05, 0) is 51.3 Å². The van der Waals surface area contributed by atoms with Crippen LogP contribution in [0.15, 0.2) is 0 Å². The number of nitrogens with zero attached hydrogens (tertiary/aromatic N) is 2. The Kier molecular flexibility index (Phi) is 8.27. The summed E-state index contributed by atoms with van der Waals surface area (Å²) < 4.78 is 0. The standard InChI is InChI=1S/C17H25N3O2.CH2Cl2/c1-13-15(12-21)18-14-6-5-9-20(17(22)16(13)14)11-10-19-7-3-2-4-8-19;2-1-3/h12,18H,2-11H2,1H3;1H2. The van der Waals surface area contributed by atoms with Crippen LogP contribution in [0.5, 0.6) is 0 Å². The van der Waals surface area contributed by atoms with Crippen molar-refractivity contribution in [2.45, 2.75) is 39.0 Å². The Morgan fingerprint density at radius 2 is 1.76 bits per heavy atom. The van der Waals surface area contributed by atoms with Gasteiger partial charge in [-0.3, -0.25) is 9.59 Å². The van der Waals surface area contributed by atoms with Gasteiger partial charge >= 0.3 is 0 Å². The van der Waals surface area contributed by atoms with Gasteiger partial charge in [0.1, 0.15) is 0 Å². The van der Waals surface area contributed by atoms with Crippen molar-refractivity contribution in [1.29, 1.82) is 0 Å². The molecule has 1 fully saturated rings. The summed E-state index contributed by atoms with van der Waals surface area (Å²) in [5, 5.41) is 0.194. The van der Waals surface area contributed by atoms with E-state index in [-0.39, 0.29) is 11.2 Å². The quantitative estimate of drug-likeness (QED) is 0.635. The fourth-order valence-electron chi connectivity index (χ4n) is 3.64. The predicted molar refractivity (Wildman–Crippen MR) is 102 cm³/mol. The van der Waals surface area contributed by atoms with Gasteiger partial charge in [0.15, 0.2) is 6.29 Å². The first-order chi connectivity index (χ1) is 12.1. The second kappa shape index (κ2) is 10.2. The maximum atomic E-state index is 12.8. The van der Waals surface area contributed by atoms with Crippen LogP contribution in [0.4, 0.5) is 0 Å². The van der Waals surface area contributed by atoms with E-state index in [0.717, 1.165) is 68.7 Å². The summed E-state index contributed by atoms with van der Waals surface area (Å²) in [6, 6.07) is 0. The summed E-state index contributed by atoms with van der Waals surface area (Å²) in [5.74, 6) is 0.0892. The second-order valence-corrected chi connectivity index (χ2v) is 7.34. The maximum Gasteiger partial charge on any atom is 0.256 e. The molecule has 2 aliphatic heterocycles. The number of aryl methyl sites for hydroxylation is 1. The Bertz CT molecular complexity index is 583. The van der Waals surface area contributed by atoms with Crippen molar-refractivity contribution in [3.05, 3.63) is 22.5 Å². The molecule has 1 amide bonds. The molecule has 3 heterocycles. The number of aromatic nitrogens is 1. The van der Waals surface area contributed by atoms with Crippen molar-refractivity contribution in [3.63, 3.8) is 0 Å². The highest BCUT2D eigenvalue weighted by Gasteiger charge is 2.27. The van der Waals surface area contributed by atoms with Crippen molar-refractivity contribution in [3.8, 4) is 0 Å². The number of likely N-dealkylation sites (tertiary alicyclic amines) is 1. The van der Waals surface area contributed by atoms with Crippen LogP contribution in [0.1, 0.15) is 57.8 Å². The molecule has 5 nitrogen and oxygen atoms in total. The number of piperidine rings is 1. The summed E-state index contributed by atoms with van der Waals surface area (Å²) in [4.78, 5) is 31.5. The van der Waals surface area contributed by atoms with Crippen LogP contribution in [0.3, 0.4) is 0 Å². The van der Waals surface area contributed by atoms with E-state index < -0.39 is 0 Å². The van der Waals surface area contributed by atoms with Crippen LogP contribution < -0.4 is 0 Å². The molecule has 140 valence electrons. The van der Waals surface area contributed by atoms with Gasteiger partial charge in [-0.25, -0.2) is 0 Å². The topological polar surface area (TPSA) is 56.4 Å². The van der Waals surface area contributed by atoms with E-state index in [1.165, 1.54) is 19.3 Å². The average molecular weight is 388 g/mol. The number of rotatable bonds is 4. The Morgan fingerprint density at radius 1 is 1.08 bits per heavy atom. The molecule has 0 spiro atoms. The monoisotopic (exact) mass is 387 g/mol. The third-order valence-corrected chi connectivity index (χ3v) is 4.97. The van der Waals surface area contributed by atoms with Gasteiger partial charge in [-0.15, -0.1) is 23.2 Å². The fraction of sp³-hybridized carbons (Fsp3) is 0.667. The van der Waals surface area contributed by atoms with Gasteiger partial charge in [-0.1, -0.05) is 6.42 Å². The molecule has 1 saturated heterocycles. The lowest BCUT2D eigenvalue weighted by Gasteiger charge is -2.29. The Balaban J connectivity index is 0.000000701. The third-order valence-electron chi connectivity index (χ3n) is 4.97. The zero-order chi connectivity index (χ0) is 18.2. The largest absolute Gasteiger partial charge is 0.355 e. The number of hydrogen-bond donors (Lipinski definition) is 1. The van der Waals surface area contributed by atoms with Crippen LogP contribution >= 0.6 is 23.2 Å². The first kappa shape index (κ1) is 20.3. The van der Waals surface area contributed by atoms with Gasteiger partial charge < -0.3 is 14.8 Å². The number of carbonyl (C=O) groups excluding carboxylic acids is 2. The van der Waals surface area contributed by atoms with Gasteiger partial charge in [-0.2, -0.15) is 0 Å². The minimum atomic E-state index is 0.0892. The summed E-state index contributed by atoms with van der Waals surface area (Å²) >= 11 is 9.53. The lowest BCUT2D eigenvalue weighted by atomic mass is 10.1. The molecule has 0 atom stereocenters. The Hall–Kier alpha value is -1.04. The number of H-pyrrole nitrogens is 1. The SMILES string of the molecule is Cc1c(C=O)[nH]c2c1C(=O)N(CCN1CCCCC1)CCC2.ClCCl. The molecular formula is C18H27Cl2N3O2. The van der Waals surface area contributed by atoms with Gasteiger partial charge in [0, 0.05) is 25.3 Å². The first-order valence-corrected chi connectivity index (χ1v) is 9.99. The van der Waals surface area contributed by atoms with Crippen molar-refractivity contribution in [2.24, 2.45) is 0 Å². The lowest BCUT2D eigenvalue weighted by molar-refractivity contribution is 0.0734. The molecule has 1 aromatic heterocycles. The van der Waals surface area contributed by atoms with Crippen LogP contribution in [0.2, 0.25) is 0 Å². The molecule has 2 aliphatic rings. The van der Waals surface area contributed by atoms with E-state index in [0.29, 0.717) is 5.69 Å². The van der Waals surface area contributed by atoms with E-state index >= 15 is 0 Å². The number of aromatic amines is 1. The highest BCUT2D eigenvalue weighted by molar-refractivity contribution is 6.40. The van der Waals surface area contributed by atoms with E-state index in [2.05, 4.69) is 9.88 Å². The number of halogens is 2. The summed E-state index contributed by atoms with van der Waals surface area (Å²) in [5.41, 5.74) is 3.03. The minimum Gasteiger partial charge on any atom is -0.355 e. The number of fused-ring (bicyclic) bond motifs is 1. The number of aldehydes is 1. The van der Waals surface area contributed by atoms with E-state index in [9.17, 15) is 9.59 Å². The van der Waals surface area contributed by atoms with Crippen molar-refractivity contribution < 1.29 is 9.59 Å². The van der Waals surface area contributed by atoms with Crippen LogP contribution in [-0.2, 0) is 6.42 Å². The van der Waals surface area contributed by atoms with Crippen LogP contribution in [0.25, 0.3) is 0 Å². The molecule has 0 saturated carbocycles. The summed E-state index contributed by atoms with van der Waals surface area (Å²) in [6.07, 6.45) is 6.50. The Morgan fingerprint density at radius 3 is 2.40 bits per heavy atom. The lowest BCUT2D eigenvalue weighted by Crippen LogP contribution is -2.40. The van der Waals surface area contributed by atoms with Gasteiger partial charge in [0.05, 0.1) is 16.6 Å². The normalized spacial score (nSPS) is 18.2. The molecule has 0 unspecified atom stereocenters. The molecule has 0 aliphatic carbocycles. The molecule has 0 radical (unpaired) electrons. The Labute approximate surface area is 159 Å². The summed E-state index contributed by atoms with van der Waals surface area (Å²) in [7, 11) is 0. The minimum absolute atomic E-state index is 0.0892. The third kappa shape index (κ3) is 5.22. The van der Waals surface area contributed by atoms with Gasteiger partial charge in [0.25, 0.3) is 5.91 Å². The van der Waals surface area contributed by atoms with Crippen molar-refractivity contribution in [1.82, 2.24) is 14.8 Å². The number of nitrogens with one attached hydrogen (secondary N) is 1. The second-order valence-electron chi connectivity index (χ2n) is 6.53. The average Bonchev–Trinajstić information content (AvgIpc) is 2.85. The molecule has 0 bridgehead atoms.